The van der Waals surface area contributed by atoms with Crippen molar-refractivity contribution in [2.45, 2.75) is 6.92 Å². The lowest BCUT2D eigenvalue weighted by Gasteiger charge is -2.11. The van der Waals surface area contributed by atoms with Crippen LogP contribution in [-0.2, 0) is 0 Å². The number of nitrogens with zero attached hydrogens (tertiary/aromatic N) is 5. The third kappa shape index (κ3) is 4.97. The van der Waals surface area contributed by atoms with Gasteiger partial charge in [-0.2, -0.15) is 0 Å². The van der Waals surface area contributed by atoms with Gasteiger partial charge in [0.1, 0.15) is 17.2 Å². The molecule has 1 aromatic carbocycles. The Morgan fingerprint density at radius 2 is 1.81 bits per heavy atom. The third-order valence-corrected chi connectivity index (χ3v) is 4.16. The molecule has 3 aromatic rings. The summed E-state index contributed by atoms with van der Waals surface area (Å²) in [6, 6.07) is 8.49. The van der Waals surface area contributed by atoms with Crippen molar-refractivity contribution in [1.29, 1.82) is 0 Å². The Morgan fingerprint density at radius 3 is 2.48 bits per heavy atom. The highest BCUT2D eigenvalue weighted by molar-refractivity contribution is 6.32. The van der Waals surface area contributed by atoms with Gasteiger partial charge in [0.15, 0.2) is 0 Å². The predicted molar refractivity (Wildman–Crippen MR) is 110 cm³/mol. The number of nitro benzene ring substituents is 1. The summed E-state index contributed by atoms with van der Waals surface area (Å²) in [4.78, 5) is 45.2. The van der Waals surface area contributed by atoms with Crippen LogP contribution in [0.5, 0.6) is 0 Å². The Labute approximate surface area is 178 Å². The zero-order valence-corrected chi connectivity index (χ0v) is 16.5. The lowest BCUT2D eigenvalue weighted by molar-refractivity contribution is -0.384. The van der Waals surface area contributed by atoms with E-state index in [1.165, 1.54) is 12.1 Å². The minimum atomic E-state index is -0.803. The first-order valence-corrected chi connectivity index (χ1v) is 8.84. The van der Waals surface area contributed by atoms with Crippen molar-refractivity contribution in [1.82, 2.24) is 20.4 Å². The average molecular weight is 445 g/mol. The number of nitrogens with one attached hydrogen (secondary N) is 3. The third-order valence-electron chi connectivity index (χ3n) is 3.84. The number of pyridine rings is 1. The van der Waals surface area contributed by atoms with Gasteiger partial charge in [-0.25, -0.2) is 15.0 Å². The largest absolute Gasteiger partial charge is 0.355 e. The van der Waals surface area contributed by atoms with E-state index in [2.05, 4.69) is 31.1 Å². The van der Waals surface area contributed by atoms with Gasteiger partial charge < -0.3 is 5.32 Å². The Morgan fingerprint density at radius 1 is 1.06 bits per heavy atom. The van der Waals surface area contributed by atoms with E-state index < -0.39 is 27.1 Å². The minimum Gasteiger partial charge on any atom is -0.319 e. The number of rotatable bonds is 7. The molecule has 3 rings (SSSR count). The first-order chi connectivity index (χ1) is 14.8. The minimum absolute atomic E-state index is 0.0948. The summed E-state index contributed by atoms with van der Waals surface area (Å²) < 4.78 is 0. The molecular weight excluding hydrogens is 432 g/mol. The maximum Gasteiger partial charge on any atom is 0.355 e. The fourth-order valence-electron chi connectivity index (χ4n) is 2.45. The van der Waals surface area contributed by atoms with E-state index in [1.54, 1.807) is 25.1 Å². The number of anilines is 3. The molecule has 158 valence electrons. The summed E-state index contributed by atoms with van der Waals surface area (Å²) in [7, 11) is 0. The van der Waals surface area contributed by atoms with Gasteiger partial charge in [0, 0.05) is 17.3 Å². The van der Waals surface area contributed by atoms with Gasteiger partial charge in [0.2, 0.25) is 11.6 Å². The second-order valence-electron chi connectivity index (χ2n) is 5.97. The van der Waals surface area contributed by atoms with Gasteiger partial charge >= 0.3 is 5.69 Å². The van der Waals surface area contributed by atoms with Crippen molar-refractivity contribution < 1.29 is 14.6 Å². The molecule has 0 aliphatic heterocycles. The molecule has 0 bridgehead atoms. The molecule has 0 radical (unpaired) electrons. The summed E-state index contributed by atoms with van der Waals surface area (Å²) >= 11 is 5.73. The summed E-state index contributed by atoms with van der Waals surface area (Å²) in [5.74, 6) is -0.947. The van der Waals surface area contributed by atoms with Crippen molar-refractivity contribution in [3.63, 3.8) is 0 Å². The molecule has 0 spiro atoms. The summed E-state index contributed by atoms with van der Waals surface area (Å²) in [5.41, 5.74) is 4.12. The number of carbonyl (C=O) groups is 1. The molecule has 2 heterocycles. The van der Waals surface area contributed by atoms with Crippen LogP contribution in [0, 0.1) is 27.2 Å². The van der Waals surface area contributed by atoms with Crippen molar-refractivity contribution in [3.8, 4) is 0 Å². The van der Waals surface area contributed by atoms with Crippen LogP contribution < -0.4 is 16.2 Å². The topological polar surface area (TPSA) is 178 Å². The molecule has 3 N–H and O–H groups in total. The molecule has 0 fully saturated rings. The van der Waals surface area contributed by atoms with Gasteiger partial charge in [0.05, 0.1) is 9.85 Å². The monoisotopic (exact) mass is 444 g/mol. The van der Waals surface area contributed by atoms with E-state index in [1.807, 2.05) is 0 Å². The second-order valence-corrected chi connectivity index (χ2v) is 6.38. The summed E-state index contributed by atoms with van der Waals surface area (Å²) in [5, 5.41) is 25.2. The van der Waals surface area contributed by atoms with Gasteiger partial charge in [-0.3, -0.25) is 35.9 Å². The Hall–Kier alpha value is -4.39. The molecule has 0 saturated heterocycles. The maximum atomic E-state index is 12.3. The number of nitro groups is 2. The quantitative estimate of drug-likeness (QED) is 0.362. The number of hydrogen-bond donors (Lipinski definition) is 3. The molecule has 0 saturated carbocycles. The highest BCUT2D eigenvalue weighted by atomic mass is 35.5. The smallest absolute Gasteiger partial charge is 0.319 e. The predicted octanol–water partition coefficient (Wildman–Crippen LogP) is 3.15. The molecule has 2 aromatic heterocycles. The van der Waals surface area contributed by atoms with E-state index in [-0.39, 0.29) is 22.2 Å². The number of aromatic nitrogens is 3. The number of aryl methyl sites for hydroxylation is 1. The summed E-state index contributed by atoms with van der Waals surface area (Å²) in [6.45, 7) is 1.75. The highest BCUT2D eigenvalue weighted by Crippen LogP contribution is 2.30. The molecule has 0 unspecified atom stereocenters. The van der Waals surface area contributed by atoms with E-state index in [9.17, 15) is 25.0 Å². The van der Waals surface area contributed by atoms with Crippen LogP contribution in [0.15, 0.2) is 42.7 Å². The zero-order chi connectivity index (χ0) is 22.5. The SMILES string of the molecule is Cc1cccc(Nc2ncnc(NNC(=O)c3ccc(Cl)c([N+](=O)[O-])c3)c2[N+](=O)[O-])n1. The van der Waals surface area contributed by atoms with Crippen LogP contribution in [-0.4, -0.2) is 30.7 Å². The molecular formula is C17H13ClN8O5. The fraction of sp³-hybridized carbons (Fsp3) is 0.0588. The molecule has 13 nitrogen and oxygen atoms in total. The average Bonchev–Trinajstić information content (AvgIpc) is 2.72. The number of hydrazine groups is 1. The second kappa shape index (κ2) is 8.96. The number of benzene rings is 1. The molecule has 0 aliphatic carbocycles. The van der Waals surface area contributed by atoms with Crippen molar-refractivity contribution in [3.05, 3.63) is 79.2 Å². The maximum absolute atomic E-state index is 12.3. The fourth-order valence-corrected chi connectivity index (χ4v) is 2.64. The first-order valence-electron chi connectivity index (χ1n) is 8.46. The standard InChI is InChI=1S/C17H13ClN8O5/c1-9-3-2-4-13(21-9)22-15-14(26(30)31)16(20-8-19-15)23-24-17(27)10-5-6-11(18)12(7-10)25(28)29/h2-8H,1H3,(H,24,27)(H2,19,20,21,22,23). The van der Waals surface area contributed by atoms with Crippen LogP contribution >= 0.6 is 11.6 Å². The van der Waals surface area contributed by atoms with Crippen LogP contribution in [0.4, 0.5) is 28.8 Å². The van der Waals surface area contributed by atoms with Gasteiger partial charge in [-0.05, 0) is 31.2 Å². The Kier molecular flexibility index (Phi) is 6.16. The van der Waals surface area contributed by atoms with Crippen LogP contribution in [0.3, 0.4) is 0 Å². The van der Waals surface area contributed by atoms with Crippen LogP contribution in [0.2, 0.25) is 5.02 Å². The number of hydrogen-bond acceptors (Lipinski definition) is 10. The van der Waals surface area contributed by atoms with E-state index in [0.29, 0.717) is 11.5 Å². The molecule has 0 aliphatic rings. The lowest BCUT2D eigenvalue weighted by Crippen LogP contribution is -2.30. The molecule has 0 atom stereocenters. The Bertz CT molecular complexity index is 1190. The van der Waals surface area contributed by atoms with E-state index in [0.717, 1.165) is 12.4 Å². The molecule has 14 heteroatoms. The van der Waals surface area contributed by atoms with Crippen molar-refractivity contribution in [2.24, 2.45) is 0 Å². The Balaban J connectivity index is 1.83. The van der Waals surface area contributed by atoms with E-state index in [4.69, 9.17) is 11.6 Å². The highest BCUT2D eigenvalue weighted by Gasteiger charge is 2.24. The molecule has 31 heavy (non-hydrogen) atoms. The zero-order valence-electron chi connectivity index (χ0n) is 15.7. The number of amides is 1. The summed E-state index contributed by atoms with van der Waals surface area (Å²) in [6.07, 6.45) is 1.05. The van der Waals surface area contributed by atoms with Gasteiger partial charge in [-0.1, -0.05) is 17.7 Å². The van der Waals surface area contributed by atoms with E-state index >= 15 is 0 Å². The van der Waals surface area contributed by atoms with Gasteiger partial charge in [0.25, 0.3) is 11.6 Å². The van der Waals surface area contributed by atoms with Crippen molar-refractivity contribution >= 4 is 46.3 Å². The van der Waals surface area contributed by atoms with Crippen LogP contribution in [0.1, 0.15) is 16.1 Å². The number of carbonyl (C=O) groups excluding carboxylic acids is 1. The first kappa shape index (κ1) is 21.3. The van der Waals surface area contributed by atoms with Crippen LogP contribution in [0.25, 0.3) is 0 Å². The molecule has 1 amide bonds. The van der Waals surface area contributed by atoms with Crippen molar-refractivity contribution in [2.75, 3.05) is 10.7 Å². The lowest BCUT2D eigenvalue weighted by atomic mass is 10.2. The number of halogens is 1. The van der Waals surface area contributed by atoms with Gasteiger partial charge in [-0.15, -0.1) is 0 Å². The normalized spacial score (nSPS) is 10.3.